The van der Waals surface area contributed by atoms with Crippen LogP contribution in [0.15, 0.2) is 33.5 Å². The van der Waals surface area contributed by atoms with E-state index in [0.717, 1.165) is 20.8 Å². The third kappa shape index (κ3) is 7.20. The molecule has 1 aliphatic rings. The molecule has 2 aromatic rings. The van der Waals surface area contributed by atoms with E-state index in [1.807, 2.05) is 0 Å². The van der Waals surface area contributed by atoms with Crippen LogP contribution >= 0.6 is 11.6 Å². The summed E-state index contributed by atoms with van der Waals surface area (Å²) in [6.07, 6.45) is -6.70. The second-order valence-corrected chi connectivity index (χ2v) is 8.34. The van der Waals surface area contributed by atoms with Gasteiger partial charge in [0, 0.05) is 51.1 Å². The zero-order valence-corrected chi connectivity index (χ0v) is 21.1. The second-order valence-electron chi connectivity index (χ2n) is 8.07. The molecule has 5 atom stereocenters. The van der Waals surface area contributed by atoms with Crippen LogP contribution in [-0.4, -0.2) is 61.2 Å². The lowest BCUT2D eigenvalue weighted by Gasteiger charge is -2.43. The van der Waals surface area contributed by atoms with Gasteiger partial charge in [-0.15, -0.1) is 11.6 Å². The van der Waals surface area contributed by atoms with Crippen LogP contribution in [0.3, 0.4) is 0 Å². The SMILES string of the molecule is CC(=O)OC[C@H]1O[C@@H](Oc2ccc3c(CCl)cc(=O)oc3c2)[C@H](OC(C)=O)[C@@H](OC(C)=O)[C@H]1OC(C)=O. The van der Waals surface area contributed by atoms with Gasteiger partial charge in [0.25, 0.3) is 0 Å². The summed E-state index contributed by atoms with van der Waals surface area (Å²) in [5.74, 6) is -2.74. The molecule has 0 N–H and O–H groups in total. The number of fused-ring (bicyclic) bond motifs is 1. The maximum atomic E-state index is 11.9. The lowest BCUT2D eigenvalue weighted by Crippen LogP contribution is -2.63. The Bertz CT molecular complexity index is 1240. The van der Waals surface area contributed by atoms with Gasteiger partial charge in [-0.3, -0.25) is 19.2 Å². The first-order valence-electron chi connectivity index (χ1n) is 11.1. The number of esters is 4. The van der Waals surface area contributed by atoms with E-state index in [9.17, 15) is 24.0 Å². The Labute approximate surface area is 215 Å². The van der Waals surface area contributed by atoms with Crippen LogP contribution in [0, 0.1) is 0 Å². The van der Waals surface area contributed by atoms with Crippen molar-refractivity contribution in [2.75, 3.05) is 6.61 Å². The third-order valence-corrected chi connectivity index (χ3v) is 5.43. The lowest BCUT2D eigenvalue weighted by atomic mass is 9.98. The summed E-state index contributed by atoms with van der Waals surface area (Å²) < 4.78 is 38.2. The number of alkyl halides is 1. The first-order valence-corrected chi connectivity index (χ1v) is 11.6. The predicted molar refractivity (Wildman–Crippen MR) is 125 cm³/mol. The van der Waals surface area contributed by atoms with Gasteiger partial charge < -0.3 is 32.8 Å². The maximum Gasteiger partial charge on any atom is 0.336 e. The molecule has 1 aromatic carbocycles. The molecule has 2 heterocycles. The molecular formula is C24H25ClO12. The van der Waals surface area contributed by atoms with Crippen molar-refractivity contribution in [3.8, 4) is 5.75 Å². The molecule has 0 radical (unpaired) electrons. The summed E-state index contributed by atoms with van der Waals surface area (Å²) in [5.41, 5.74) is 0.102. The number of carbonyl (C=O) groups excluding carboxylic acids is 4. The molecule has 0 unspecified atom stereocenters. The average Bonchev–Trinajstić information content (AvgIpc) is 2.79. The number of ether oxygens (including phenoxy) is 6. The average molecular weight is 541 g/mol. The summed E-state index contributed by atoms with van der Waals surface area (Å²) in [5, 5.41) is 0.573. The highest BCUT2D eigenvalue weighted by Crippen LogP contribution is 2.32. The molecular weight excluding hydrogens is 516 g/mol. The van der Waals surface area contributed by atoms with E-state index in [1.165, 1.54) is 25.1 Å². The van der Waals surface area contributed by atoms with E-state index in [4.69, 9.17) is 44.4 Å². The Kier molecular flexibility index (Phi) is 9.11. The van der Waals surface area contributed by atoms with Gasteiger partial charge in [-0.1, -0.05) is 0 Å². The van der Waals surface area contributed by atoms with Crippen LogP contribution < -0.4 is 10.4 Å². The summed E-state index contributed by atoms with van der Waals surface area (Å²) in [6, 6.07) is 5.82. The van der Waals surface area contributed by atoms with E-state index in [-0.39, 0.29) is 17.2 Å². The van der Waals surface area contributed by atoms with Crippen LogP contribution in [0.1, 0.15) is 33.3 Å². The van der Waals surface area contributed by atoms with Crippen LogP contribution in [0.5, 0.6) is 5.75 Å². The molecule has 3 rings (SSSR count). The topological polar surface area (TPSA) is 154 Å². The van der Waals surface area contributed by atoms with Crippen molar-refractivity contribution in [2.45, 2.75) is 64.3 Å². The quantitative estimate of drug-likeness (QED) is 0.208. The van der Waals surface area contributed by atoms with Gasteiger partial charge in [-0.05, 0) is 17.7 Å². The Morgan fingerprint density at radius 3 is 2.08 bits per heavy atom. The van der Waals surface area contributed by atoms with Gasteiger partial charge in [0.2, 0.25) is 12.4 Å². The van der Waals surface area contributed by atoms with E-state index in [0.29, 0.717) is 10.9 Å². The molecule has 1 aliphatic heterocycles. The smallest absolute Gasteiger partial charge is 0.336 e. The van der Waals surface area contributed by atoms with Crippen LogP contribution in [0.4, 0.5) is 0 Å². The summed E-state index contributed by atoms with van der Waals surface area (Å²) in [6.45, 7) is 4.12. The monoisotopic (exact) mass is 540 g/mol. The van der Waals surface area contributed by atoms with Gasteiger partial charge in [0.1, 0.15) is 24.0 Å². The van der Waals surface area contributed by atoms with Gasteiger partial charge in [0.15, 0.2) is 12.2 Å². The van der Waals surface area contributed by atoms with Crippen molar-refractivity contribution < 1.29 is 52.0 Å². The highest BCUT2D eigenvalue weighted by molar-refractivity contribution is 6.17. The fraction of sp³-hybridized carbons (Fsp3) is 0.458. The molecule has 13 heteroatoms. The largest absolute Gasteiger partial charge is 0.463 e. The highest BCUT2D eigenvalue weighted by Gasteiger charge is 2.53. The molecule has 1 saturated heterocycles. The van der Waals surface area contributed by atoms with Crippen molar-refractivity contribution in [1.29, 1.82) is 0 Å². The zero-order valence-electron chi connectivity index (χ0n) is 20.4. The van der Waals surface area contributed by atoms with Crippen molar-refractivity contribution in [1.82, 2.24) is 0 Å². The molecule has 0 aliphatic carbocycles. The fourth-order valence-electron chi connectivity index (χ4n) is 3.81. The second kappa shape index (κ2) is 12.1. The van der Waals surface area contributed by atoms with Crippen molar-refractivity contribution in [3.05, 3.63) is 40.2 Å². The predicted octanol–water partition coefficient (Wildman–Crippen LogP) is 1.99. The van der Waals surface area contributed by atoms with Gasteiger partial charge >= 0.3 is 29.5 Å². The zero-order chi connectivity index (χ0) is 27.3. The Balaban J connectivity index is 2.03. The van der Waals surface area contributed by atoms with E-state index in [2.05, 4.69) is 0 Å². The van der Waals surface area contributed by atoms with Crippen LogP contribution in [-0.2, 0) is 48.7 Å². The summed E-state index contributed by atoms with van der Waals surface area (Å²) in [4.78, 5) is 59.0. The summed E-state index contributed by atoms with van der Waals surface area (Å²) in [7, 11) is 0. The van der Waals surface area contributed by atoms with Crippen molar-refractivity contribution in [3.63, 3.8) is 0 Å². The van der Waals surface area contributed by atoms with E-state index in [1.54, 1.807) is 6.07 Å². The fourth-order valence-corrected chi connectivity index (χ4v) is 4.03. The number of benzene rings is 1. The Hall–Kier alpha value is -3.64. The van der Waals surface area contributed by atoms with Crippen molar-refractivity contribution >= 4 is 46.4 Å². The minimum atomic E-state index is -1.43. The summed E-state index contributed by atoms with van der Waals surface area (Å²) >= 11 is 5.92. The van der Waals surface area contributed by atoms with E-state index < -0.39 is 66.8 Å². The molecule has 12 nitrogen and oxygen atoms in total. The van der Waals surface area contributed by atoms with Gasteiger partial charge in [0.05, 0.1) is 0 Å². The van der Waals surface area contributed by atoms with E-state index >= 15 is 0 Å². The molecule has 200 valence electrons. The number of halogens is 1. The number of rotatable bonds is 8. The highest BCUT2D eigenvalue weighted by atomic mass is 35.5. The number of carbonyl (C=O) groups is 4. The van der Waals surface area contributed by atoms with Crippen LogP contribution in [0.2, 0.25) is 0 Å². The standard InChI is InChI=1S/C24H25ClO12/c1-11(26)31-10-19-21(32-12(2)27)22(33-13(3)28)23(34-14(4)29)24(37-19)35-16-5-6-17-15(9-25)7-20(30)36-18(17)8-16/h5-8,19,21-24H,9-10H2,1-4H3/t19-,21+,22+,23-,24-/m1/s1. The van der Waals surface area contributed by atoms with Crippen molar-refractivity contribution in [2.24, 2.45) is 0 Å². The number of hydrogen-bond acceptors (Lipinski definition) is 12. The molecule has 0 bridgehead atoms. The Morgan fingerprint density at radius 1 is 0.865 bits per heavy atom. The molecule has 0 spiro atoms. The molecule has 0 saturated carbocycles. The lowest BCUT2D eigenvalue weighted by molar-refractivity contribution is -0.288. The molecule has 37 heavy (non-hydrogen) atoms. The molecule has 1 fully saturated rings. The van der Waals surface area contributed by atoms with Gasteiger partial charge in [-0.2, -0.15) is 0 Å². The molecule has 0 amide bonds. The van der Waals surface area contributed by atoms with Crippen LogP contribution in [0.25, 0.3) is 11.0 Å². The first kappa shape index (κ1) is 27.9. The minimum Gasteiger partial charge on any atom is -0.463 e. The first-order chi connectivity index (χ1) is 17.5. The Morgan fingerprint density at radius 2 is 1.49 bits per heavy atom. The minimum absolute atomic E-state index is 0.0714. The maximum absolute atomic E-state index is 11.9. The number of hydrogen-bond donors (Lipinski definition) is 0. The molecule has 1 aromatic heterocycles. The third-order valence-electron chi connectivity index (χ3n) is 5.15. The normalized spacial score (nSPS) is 23.1. The van der Waals surface area contributed by atoms with Gasteiger partial charge in [-0.25, -0.2) is 4.79 Å².